The second-order valence-corrected chi connectivity index (χ2v) is 4.33. The van der Waals surface area contributed by atoms with Gasteiger partial charge in [-0.05, 0) is 18.8 Å². The molecule has 0 saturated heterocycles. The molecule has 0 unspecified atom stereocenters. The Hall–Kier alpha value is -0.535. The number of hydrogen-bond donors (Lipinski definition) is 0. The Balaban J connectivity index is 2.52. The molecule has 1 aliphatic carbocycles. The third-order valence-electron chi connectivity index (χ3n) is 2.96. The molecule has 0 aromatic carbocycles. The average Bonchev–Trinajstić information content (AvgIpc) is 2.26. The normalized spacial score (nSPS) is 16.3. The molecule has 3 heteroatoms. The first-order valence-electron chi connectivity index (χ1n) is 5.61. The van der Waals surface area contributed by atoms with Crippen molar-refractivity contribution in [2.75, 3.05) is 14.2 Å². The van der Waals surface area contributed by atoms with Gasteiger partial charge in [0.25, 0.3) is 0 Å². The van der Waals surface area contributed by atoms with E-state index < -0.39 is 0 Å². The van der Waals surface area contributed by atoms with Gasteiger partial charge in [-0.3, -0.25) is 0 Å². The van der Waals surface area contributed by atoms with Gasteiger partial charge in [0.15, 0.2) is 0 Å². The van der Waals surface area contributed by atoms with Crippen molar-refractivity contribution in [1.82, 2.24) is 0 Å². The molecule has 0 aromatic rings. The smallest absolute Gasteiger partial charge is 0.414 e. The van der Waals surface area contributed by atoms with Gasteiger partial charge in [0.2, 0.25) is 0 Å². The van der Waals surface area contributed by atoms with Gasteiger partial charge >= 0.3 is 7.12 Å². The molecule has 0 fully saturated rings. The molecule has 2 nitrogen and oxygen atoms in total. The summed E-state index contributed by atoms with van der Waals surface area (Å²) in [5.41, 5.74) is 2.97. The Labute approximate surface area is 93.5 Å². The van der Waals surface area contributed by atoms with Crippen LogP contribution in [0.15, 0.2) is 23.3 Å². The molecule has 1 rings (SSSR count). The highest BCUT2D eigenvalue weighted by Crippen LogP contribution is 2.26. The lowest BCUT2D eigenvalue weighted by atomic mass is 9.76. The van der Waals surface area contributed by atoms with E-state index >= 15 is 0 Å². The molecule has 0 aromatic heterocycles. The Morgan fingerprint density at radius 3 is 2.27 bits per heavy atom. The summed E-state index contributed by atoms with van der Waals surface area (Å²) >= 11 is 0. The van der Waals surface area contributed by atoms with E-state index in [0.29, 0.717) is 5.92 Å². The van der Waals surface area contributed by atoms with E-state index in [9.17, 15) is 0 Å². The maximum absolute atomic E-state index is 5.19. The monoisotopic (exact) mass is 208 g/mol. The van der Waals surface area contributed by atoms with E-state index in [-0.39, 0.29) is 7.12 Å². The maximum Gasteiger partial charge on any atom is 0.460 e. The third-order valence-corrected chi connectivity index (χ3v) is 2.96. The molecular formula is C12H21BO2. The SMILES string of the molecule is COB(CC1=CC=C(C(C)C)CC1)OC. The minimum Gasteiger partial charge on any atom is -0.414 e. The van der Waals surface area contributed by atoms with Crippen molar-refractivity contribution in [3.8, 4) is 0 Å². The Kier molecular flexibility index (Phi) is 5.13. The van der Waals surface area contributed by atoms with Gasteiger partial charge in [-0.15, -0.1) is 0 Å². The topological polar surface area (TPSA) is 18.5 Å². The van der Waals surface area contributed by atoms with Gasteiger partial charge in [-0.25, -0.2) is 0 Å². The van der Waals surface area contributed by atoms with Crippen molar-refractivity contribution in [1.29, 1.82) is 0 Å². The lowest BCUT2D eigenvalue weighted by Crippen LogP contribution is -2.19. The van der Waals surface area contributed by atoms with Crippen LogP contribution in [0.4, 0.5) is 0 Å². The molecule has 0 saturated carbocycles. The van der Waals surface area contributed by atoms with Crippen LogP contribution in [0.25, 0.3) is 0 Å². The molecule has 15 heavy (non-hydrogen) atoms. The van der Waals surface area contributed by atoms with Crippen LogP contribution in [0.1, 0.15) is 26.7 Å². The zero-order chi connectivity index (χ0) is 11.3. The maximum atomic E-state index is 5.19. The predicted octanol–water partition coefficient (Wildman–Crippen LogP) is 3.07. The summed E-state index contributed by atoms with van der Waals surface area (Å²) in [6.45, 7) is 4.50. The van der Waals surface area contributed by atoms with Gasteiger partial charge in [0, 0.05) is 20.5 Å². The quantitative estimate of drug-likeness (QED) is 0.646. The average molecular weight is 208 g/mol. The summed E-state index contributed by atoms with van der Waals surface area (Å²) in [4.78, 5) is 0. The second kappa shape index (κ2) is 6.14. The fourth-order valence-corrected chi connectivity index (χ4v) is 1.82. The van der Waals surface area contributed by atoms with E-state index in [1.165, 1.54) is 12.0 Å². The van der Waals surface area contributed by atoms with Crippen molar-refractivity contribution in [2.24, 2.45) is 5.92 Å². The van der Waals surface area contributed by atoms with E-state index in [0.717, 1.165) is 12.7 Å². The fourth-order valence-electron chi connectivity index (χ4n) is 1.82. The van der Waals surface area contributed by atoms with Crippen LogP contribution in [0, 0.1) is 5.92 Å². The number of allylic oxidation sites excluding steroid dienone is 4. The van der Waals surface area contributed by atoms with Crippen molar-refractivity contribution in [2.45, 2.75) is 33.0 Å². The molecule has 0 bridgehead atoms. The summed E-state index contributed by atoms with van der Waals surface area (Å²) < 4.78 is 10.4. The highest BCUT2D eigenvalue weighted by atomic mass is 16.6. The van der Waals surface area contributed by atoms with Crippen LogP contribution in [0.3, 0.4) is 0 Å². The first-order valence-corrected chi connectivity index (χ1v) is 5.61. The minimum absolute atomic E-state index is 0.0924. The van der Waals surface area contributed by atoms with Gasteiger partial charge in [0.1, 0.15) is 0 Å². The van der Waals surface area contributed by atoms with Crippen molar-refractivity contribution in [3.63, 3.8) is 0 Å². The van der Waals surface area contributed by atoms with Crippen LogP contribution in [-0.2, 0) is 9.31 Å². The van der Waals surface area contributed by atoms with Crippen molar-refractivity contribution >= 4 is 7.12 Å². The standard InChI is InChI=1S/C12H21BO2/c1-10(2)12-7-5-11(6-8-12)9-13(14-3)15-4/h5,7,10H,6,8-9H2,1-4H3. The van der Waals surface area contributed by atoms with E-state index in [2.05, 4.69) is 26.0 Å². The summed E-state index contributed by atoms with van der Waals surface area (Å²) in [5.74, 6) is 0.670. The van der Waals surface area contributed by atoms with Crippen molar-refractivity contribution < 1.29 is 9.31 Å². The van der Waals surface area contributed by atoms with Gasteiger partial charge in [0.05, 0.1) is 0 Å². The number of rotatable bonds is 5. The molecule has 0 N–H and O–H groups in total. The summed E-state index contributed by atoms with van der Waals surface area (Å²) in [6.07, 6.45) is 7.70. The number of hydrogen-bond acceptors (Lipinski definition) is 2. The van der Waals surface area contributed by atoms with Crippen LogP contribution >= 0.6 is 0 Å². The van der Waals surface area contributed by atoms with Gasteiger partial charge < -0.3 is 9.31 Å². The lowest BCUT2D eigenvalue weighted by molar-refractivity contribution is 0.280. The Morgan fingerprint density at radius 2 is 1.87 bits per heavy atom. The summed E-state index contributed by atoms with van der Waals surface area (Å²) in [5, 5.41) is 0. The molecule has 0 amide bonds. The fraction of sp³-hybridized carbons (Fsp3) is 0.667. The van der Waals surface area contributed by atoms with Gasteiger partial charge in [-0.1, -0.05) is 37.1 Å². The van der Waals surface area contributed by atoms with Crippen LogP contribution in [0.5, 0.6) is 0 Å². The molecule has 0 heterocycles. The largest absolute Gasteiger partial charge is 0.460 e. The van der Waals surface area contributed by atoms with Gasteiger partial charge in [-0.2, -0.15) is 0 Å². The zero-order valence-electron chi connectivity index (χ0n) is 10.2. The lowest BCUT2D eigenvalue weighted by Gasteiger charge is -2.18. The van der Waals surface area contributed by atoms with Crippen molar-refractivity contribution in [3.05, 3.63) is 23.3 Å². The molecule has 0 aliphatic heterocycles. The predicted molar refractivity (Wildman–Crippen MR) is 64.8 cm³/mol. The molecular weight excluding hydrogens is 187 g/mol. The van der Waals surface area contributed by atoms with Crippen LogP contribution in [-0.4, -0.2) is 21.3 Å². The Bertz CT molecular complexity index is 252. The van der Waals surface area contributed by atoms with E-state index in [1.807, 2.05) is 0 Å². The Morgan fingerprint density at radius 1 is 1.20 bits per heavy atom. The molecule has 84 valence electrons. The highest BCUT2D eigenvalue weighted by Gasteiger charge is 2.18. The molecule has 1 aliphatic rings. The van der Waals surface area contributed by atoms with E-state index in [1.54, 1.807) is 19.8 Å². The van der Waals surface area contributed by atoms with E-state index in [4.69, 9.17) is 9.31 Å². The second-order valence-electron chi connectivity index (χ2n) is 4.33. The van der Waals surface area contributed by atoms with Crippen LogP contribution < -0.4 is 0 Å². The summed E-state index contributed by atoms with van der Waals surface area (Å²) in [6, 6.07) is 0. The summed E-state index contributed by atoms with van der Waals surface area (Å²) in [7, 11) is 3.28. The molecule has 0 radical (unpaired) electrons. The molecule has 0 atom stereocenters. The zero-order valence-corrected chi connectivity index (χ0v) is 10.2. The van der Waals surface area contributed by atoms with Crippen LogP contribution in [0.2, 0.25) is 6.32 Å². The first kappa shape index (κ1) is 12.5. The molecule has 0 spiro atoms. The third kappa shape index (κ3) is 3.84. The minimum atomic E-state index is -0.0924. The first-order chi connectivity index (χ1) is 7.17. The highest BCUT2D eigenvalue weighted by molar-refractivity contribution is 6.45.